The van der Waals surface area contributed by atoms with Gasteiger partial charge in [0, 0.05) is 24.7 Å². The Morgan fingerprint density at radius 2 is 1.87 bits per heavy atom. The van der Waals surface area contributed by atoms with Crippen molar-refractivity contribution in [3.8, 4) is 11.3 Å². The van der Waals surface area contributed by atoms with Crippen LogP contribution < -0.4 is 10.2 Å². The van der Waals surface area contributed by atoms with E-state index in [0.717, 1.165) is 42.0 Å². The van der Waals surface area contributed by atoms with Gasteiger partial charge in [0.05, 0.1) is 16.5 Å². The summed E-state index contributed by atoms with van der Waals surface area (Å²) in [7, 11) is 0. The number of nitro benzene ring substituents is 1. The number of anilines is 2. The van der Waals surface area contributed by atoms with Crippen LogP contribution in [0.1, 0.15) is 18.4 Å². The molecule has 0 bridgehead atoms. The molecule has 31 heavy (non-hydrogen) atoms. The summed E-state index contributed by atoms with van der Waals surface area (Å²) >= 11 is 0. The number of piperidine rings is 1. The lowest BCUT2D eigenvalue weighted by Gasteiger charge is -2.32. The molecule has 1 atom stereocenters. The van der Waals surface area contributed by atoms with Gasteiger partial charge in [-0.1, -0.05) is 36.4 Å². The molecule has 1 aliphatic heterocycles. The number of nitro groups is 1. The standard InChI is InChI=1S/C23H23N5O3/c1-16-7-2-3-9-18(16)19-12-13-22(26-25-19)27-14-6-8-17(15-27)23(29)24-20-10-4-5-11-21(20)28(30)31/h2-5,7,9-13,17H,6,8,14-15H2,1H3,(H,24,29). The fourth-order valence-electron chi connectivity index (χ4n) is 3.87. The molecule has 8 heteroatoms. The fourth-order valence-corrected chi connectivity index (χ4v) is 3.87. The van der Waals surface area contributed by atoms with Crippen LogP contribution in [0.5, 0.6) is 0 Å². The Hall–Kier alpha value is -3.81. The zero-order chi connectivity index (χ0) is 21.8. The molecular formula is C23H23N5O3. The number of carbonyl (C=O) groups excluding carboxylic acids is 1. The molecule has 1 aliphatic rings. The van der Waals surface area contributed by atoms with Crippen molar-refractivity contribution >= 4 is 23.1 Å². The summed E-state index contributed by atoms with van der Waals surface area (Å²) in [6.07, 6.45) is 1.55. The predicted octanol–water partition coefficient (Wildman–Crippen LogP) is 4.22. The van der Waals surface area contributed by atoms with Gasteiger partial charge in [0.1, 0.15) is 5.69 Å². The minimum absolute atomic E-state index is 0.110. The van der Waals surface area contributed by atoms with Gasteiger partial charge in [0.25, 0.3) is 5.69 Å². The number of nitrogens with one attached hydrogen (secondary N) is 1. The minimum Gasteiger partial charge on any atom is -0.354 e. The van der Waals surface area contributed by atoms with Gasteiger partial charge in [-0.2, -0.15) is 0 Å². The normalized spacial score (nSPS) is 16.0. The average molecular weight is 417 g/mol. The SMILES string of the molecule is Cc1ccccc1-c1ccc(N2CCCC(C(=O)Nc3ccccc3[N+](=O)[O-])C2)nn1. The van der Waals surface area contributed by atoms with E-state index < -0.39 is 4.92 Å². The molecule has 8 nitrogen and oxygen atoms in total. The molecule has 2 heterocycles. The summed E-state index contributed by atoms with van der Waals surface area (Å²) < 4.78 is 0. The lowest BCUT2D eigenvalue weighted by molar-refractivity contribution is -0.383. The number of hydrogen-bond acceptors (Lipinski definition) is 6. The second kappa shape index (κ2) is 8.91. The number of hydrogen-bond donors (Lipinski definition) is 1. The van der Waals surface area contributed by atoms with Crippen LogP contribution in [0.3, 0.4) is 0 Å². The molecule has 3 aromatic rings. The molecule has 1 amide bonds. The fraction of sp³-hybridized carbons (Fsp3) is 0.261. The minimum atomic E-state index is -0.492. The van der Waals surface area contributed by atoms with Gasteiger partial charge in [-0.25, -0.2) is 0 Å². The summed E-state index contributed by atoms with van der Waals surface area (Å²) in [6.45, 7) is 3.31. The van der Waals surface area contributed by atoms with Crippen molar-refractivity contribution in [3.63, 3.8) is 0 Å². The molecule has 1 unspecified atom stereocenters. The molecule has 158 valence electrons. The van der Waals surface area contributed by atoms with Gasteiger partial charge in [0.15, 0.2) is 5.82 Å². The first kappa shape index (κ1) is 20.5. The molecule has 1 fully saturated rings. The number of rotatable bonds is 5. The van der Waals surface area contributed by atoms with Gasteiger partial charge in [-0.05, 0) is 43.5 Å². The average Bonchev–Trinajstić information content (AvgIpc) is 2.80. The second-order valence-electron chi connectivity index (χ2n) is 7.64. The number of carbonyl (C=O) groups is 1. The number of benzene rings is 2. The Balaban J connectivity index is 1.46. The van der Waals surface area contributed by atoms with Crippen LogP contribution in [0.15, 0.2) is 60.7 Å². The number of nitrogens with zero attached hydrogens (tertiary/aromatic N) is 4. The monoisotopic (exact) mass is 417 g/mol. The van der Waals surface area contributed by atoms with Crippen molar-refractivity contribution in [3.05, 3.63) is 76.3 Å². The smallest absolute Gasteiger partial charge is 0.292 e. The summed E-state index contributed by atoms with van der Waals surface area (Å²) in [5, 5.41) is 22.7. The highest BCUT2D eigenvalue weighted by atomic mass is 16.6. The molecule has 0 saturated carbocycles. The number of amides is 1. The van der Waals surface area contributed by atoms with E-state index in [0.29, 0.717) is 6.54 Å². The van der Waals surface area contributed by atoms with Crippen LogP contribution in [0.25, 0.3) is 11.3 Å². The van der Waals surface area contributed by atoms with Gasteiger partial charge < -0.3 is 10.2 Å². The molecule has 1 aromatic heterocycles. The van der Waals surface area contributed by atoms with Gasteiger partial charge >= 0.3 is 0 Å². The van der Waals surface area contributed by atoms with Crippen molar-refractivity contribution in [2.75, 3.05) is 23.3 Å². The highest BCUT2D eigenvalue weighted by Gasteiger charge is 2.28. The molecule has 4 rings (SSSR count). The first-order chi connectivity index (χ1) is 15.0. The highest BCUT2D eigenvalue weighted by molar-refractivity contribution is 5.95. The van der Waals surface area contributed by atoms with Crippen molar-refractivity contribution in [1.82, 2.24) is 10.2 Å². The molecule has 1 N–H and O–H groups in total. The summed E-state index contributed by atoms with van der Waals surface area (Å²) in [6, 6.07) is 18.1. The molecular weight excluding hydrogens is 394 g/mol. The van der Waals surface area contributed by atoms with E-state index in [1.807, 2.05) is 48.2 Å². The third-order valence-corrected chi connectivity index (χ3v) is 5.55. The third-order valence-electron chi connectivity index (χ3n) is 5.55. The maximum atomic E-state index is 12.8. The lowest BCUT2D eigenvalue weighted by atomic mass is 9.97. The molecule has 1 saturated heterocycles. The van der Waals surface area contributed by atoms with E-state index in [1.165, 1.54) is 6.07 Å². The zero-order valence-electron chi connectivity index (χ0n) is 17.2. The maximum Gasteiger partial charge on any atom is 0.292 e. The topological polar surface area (TPSA) is 101 Å². The Bertz CT molecular complexity index is 1100. The second-order valence-corrected chi connectivity index (χ2v) is 7.64. The maximum absolute atomic E-state index is 12.8. The van der Waals surface area contributed by atoms with Crippen LogP contribution in [-0.4, -0.2) is 34.1 Å². The number of aromatic nitrogens is 2. The van der Waals surface area contributed by atoms with Crippen LogP contribution in [0, 0.1) is 23.0 Å². The summed E-state index contributed by atoms with van der Waals surface area (Å²) in [5.74, 6) is 0.218. The van der Waals surface area contributed by atoms with E-state index in [2.05, 4.69) is 15.5 Å². The van der Waals surface area contributed by atoms with E-state index in [9.17, 15) is 14.9 Å². The molecule has 0 spiro atoms. The first-order valence-corrected chi connectivity index (χ1v) is 10.2. The highest BCUT2D eigenvalue weighted by Crippen LogP contribution is 2.27. The Labute approximate surface area is 180 Å². The zero-order valence-corrected chi connectivity index (χ0v) is 17.2. The quantitative estimate of drug-likeness (QED) is 0.493. The van der Waals surface area contributed by atoms with E-state index >= 15 is 0 Å². The van der Waals surface area contributed by atoms with Gasteiger partial charge in [0.2, 0.25) is 5.91 Å². The molecule has 2 aromatic carbocycles. The van der Waals surface area contributed by atoms with Crippen molar-refractivity contribution in [1.29, 1.82) is 0 Å². The number of aryl methyl sites for hydroxylation is 1. The molecule has 0 radical (unpaired) electrons. The van der Waals surface area contributed by atoms with Crippen LogP contribution in [0.4, 0.5) is 17.2 Å². The largest absolute Gasteiger partial charge is 0.354 e. The predicted molar refractivity (Wildman–Crippen MR) is 119 cm³/mol. The van der Waals surface area contributed by atoms with E-state index in [1.54, 1.807) is 18.2 Å². The van der Waals surface area contributed by atoms with E-state index in [-0.39, 0.29) is 23.2 Å². The van der Waals surface area contributed by atoms with Crippen molar-refractivity contribution < 1.29 is 9.72 Å². The lowest BCUT2D eigenvalue weighted by Crippen LogP contribution is -2.41. The van der Waals surface area contributed by atoms with Crippen LogP contribution >= 0.6 is 0 Å². The Morgan fingerprint density at radius 3 is 2.61 bits per heavy atom. The summed E-state index contributed by atoms with van der Waals surface area (Å²) in [5.41, 5.74) is 3.10. The van der Waals surface area contributed by atoms with E-state index in [4.69, 9.17) is 0 Å². The summed E-state index contributed by atoms with van der Waals surface area (Å²) in [4.78, 5) is 25.5. The van der Waals surface area contributed by atoms with Crippen molar-refractivity contribution in [2.24, 2.45) is 5.92 Å². The van der Waals surface area contributed by atoms with Crippen LogP contribution in [-0.2, 0) is 4.79 Å². The number of para-hydroxylation sites is 2. The Kier molecular flexibility index (Phi) is 5.88. The molecule has 0 aliphatic carbocycles. The first-order valence-electron chi connectivity index (χ1n) is 10.2. The van der Waals surface area contributed by atoms with Crippen LogP contribution in [0.2, 0.25) is 0 Å². The Morgan fingerprint density at radius 1 is 1.10 bits per heavy atom. The third kappa shape index (κ3) is 4.53. The van der Waals surface area contributed by atoms with Crippen molar-refractivity contribution in [2.45, 2.75) is 19.8 Å². The van der Waals surface area contributed by atoms with Gasteiger partial charge in [-0.3, -0.25) is 14.9 Å². The van der Waals surface area contributed by atoms with Gasteiger partial charge in [-0.15, -0.1) is 10.2 Å².